The van der Waals surface area contributed by atoms with E-state index in [2.05, 4.69) is 29.1 Å². The average Bonchev–Trinajstić information content (AvgIpc) is 2.36. The lowest BCUT2D eigenvalue weighted by molar-refractivity contribution is 0.580. The van der Waals surface area contributed by atoms with Crippen LogP contribution in [-0.4, -0.2) is 14.2 Å². The summed E-state index contributed by atoms with van der Waals surface area (Å²) in [5.41, 5.74) is 2.82. The summed E-state index contributed by atoms with van der Waals surface area (Å²) in [6.07, 6.45) is 2.39. The molecule has 0 aromatic heterocycles. The highest BCUT2D eigenvalue weighted by Gasteiger charge is 2.27. The first-order valence-corrected chi connectivity index (χ1v) is 5.75. The molecule has 0 atom stereocenters. The van der Waals surface area contributed by atoms with Gasteiger partial charge in [0, 0.05) is 17.6 Å². The Morgan fingerprint density at radius 1 is 1.19 bits per heavy atom. The highest BCUT2D eigenvalue weighted by Crippen LogP contribution is 2.41. The van der Waals surface area contributed by atoms with Gasteiger partial charge in [-0.15, -0.1) is 0 Å². The fourth-order valence-corrected chi connectivity index (χ4v) is 2.78. The standard InChI is InChI=1S/C13H11BNO/c1-3-9-6-7-10-4-2-8-15-13(10)12(9)11(5-1)16-14-15/h1,3,5-7H,2,4,8H2. The third kappa shape index (κ3) is 0.980. The molecule has 1 radical (unpaired) electrons. The maximum absolute atomic E-state index is 5.69. The Morgan fingerprint density at radius 3 is 3.19 bits per heavy atom. The van der Waals surface area contributed by atoms with Gasteiger partial charge in [0.2, 0.25) is 0 Å². The van der Waals surface area contributed by atoms with Crippen molar-refractivity contribution in [1.82, 2.24) is 0 Å². The van der Waals surface area contributed by atoms with E-state index in [1.165, 1.54) is 34.9 Å². The molecule has 2 aromatic rings. The smallest absolute Gasteiger partial charge is 0.521 e. The summed E-state index contributed by atoms with van der Waals surface area (Å²) >= 11 is 0. The molecular formula is C13H11BNO. The number of hydrogen-bond donors (Lipinski definition) is 0. The molecule has 0 spiro atoms. The van der Waals surface area contributed by atoms with Crippen molar-refractivity contribution in [2.24, 2.45) is 0 Å². The Morgan fingerprint density at radius 2 is 2.19 bits per heavy atom. The molecule has 2 aliphatic heterocycles. The van der Waals surface area contributed by atoms with Crippen molar-refractivity contribution in [3.8, 4) is 5.75 Å². The Bertz CT molecular complexity index is 581. The van der Waals surface area contributed by atoms with Crippen LogP contribution in [0.3, 0.4) is 0 Å². The average molecular weight is 208 g/mol. The fourth-order valence-electron chi connectivity index (χ4n) is 2.78. The number of hydrogen-bond acceptors (Lipinski definition) is 2. The Hall–Kier alpha value is -1.64. The zero-order valence-corrected chi connectivity index (χ0v) is 8.94. The maximum atomic E-state index is 5.69. The molecule has 0 saturated carbocycles. The van der Waals surface area contributed by atoms with E-state index in [1.54, 1.807) is 0 Å². The van der Waals surface area contributed by atoms with E-state index >= 15 is 0 Å². The zero-order valence-electron chi connectivity index (χ0n) is 8.94. The van der Waals surface area contributed by atoms with Crippen molar-refractivity contribution < 1.29 is 4.65 Å². The molecule has 2 nitrogen and oxygen atoms in total. The molecule has 77 valence electrons. The summed E-state index contributed by atoms with van der Waals surface area (Å²) < 4.78 is 5.69. The largest absolute Gasteiger partial charge is 0.542 e. The third-order valence-electron chi connectivity index (χ3n) is 3.50. The van der Waals surface area contributed by atoms with Crippen LogP contribution in [0.25, 0.3) is 10.8 Å². The van der Waals surface area contributed by atoms with Gasteiger partial charge < -0.3 is 9.47 Å². The molecule has 0 bridgehead atoms. The minimum atomic E-state index is 0.993. The molecule has 0 unspecified atom stereocenters. The Kier molecular flexibility index (Phi) is 1.56. The summed E-state index contributed by atoms with van der Waals surface area (Å²) in [5.74, 6) is 0.993. The second-order valence-electron chi connectivity index (χ2n) is 4.45. The van der Waals surface area contributed by atoms with Crippen LogP contribution in [0.1, 0.15) is 12.0 Å². The van der Waals surface area contributed by atoms with E-state index in [1.807, 2.05) is 13.7 Å². The van der Waals surface area contributed by atoms with Crippen LogP contribution in [0.5, 0.6) is 5.75 Å². The van der Waals surface area contributed by atoms with E-state index in [4.69, 9.17) is 4.65 Å². The van der Waals surface area contributed by atoms with Crippen LogP contribution >= 0.6 is 0 Å². The van der Waals surface area contributed by atoms with Crippen molar-refractivity contribution in [2.45, 2.75) is 12.8 Å². The van der Waals surface area contributed by atoms with Crippen LogP contribution in [-0.2, 0) is 6.42 Å². The van der Waals surface area contributed by atoms with Gasteiger partial charge in [0.1, 0.15) is 5.75 Å². The van der Waals surface area contributed by atoms with Crippen molar-refractivity contribution in [2.75, 3.05) is 11.4 Å². The summed E-state index contributed by atoms with van der Waals surface area (Å²) in [6.45, 7) is 1.07. The minimum absolute atomic E-state index is 0.993. The van der Waals surface area contributed by atoms with Gasteiger partial charge in [-0.1, -0.05) is 24.3 Å². The van der Waals surface area contributed by atoms with E-state index in [0.717, 1.165) is 12.3 Å². The number of nitrogens with zero attached hydrogens (tertiary/aromatic N) is 1. The minimum Gasteiger partial charge on any atom is -0.542 e. The summed E-state index contributed by atoms with van der Waals surface area (Å²) in [5, 5.41) is 2.55. The fraction of sp³-hybridized carbons (Fsp3) is 0.231. The lowest BCUT2D eigenvalue weighted by Gasteiger charge is -2.35. The Balaban J connectivity index is 2.17. The number of aryl methyl sites for hydroxylation is 1. The zero-order chi connectivity index (χ0) is 10.5. The van der Waals surface area contributed by atoms with Gasteiger partial charge in [-0.2, -0.15) is 0 Å². The van der Waals surface area contributed by atoms with Crippen molar-refractivity contribution in [1.29, 1.82) is 0 Å². The van der Waals surface area contributed by atoms with E-state index in [0.29, 0.717) is 0 Å². The first kappa shape index (κ1) is 8.51. The molecule has 16 heavy (non-hydrogen) atoms. The summed E-state index contributed by atoms with van der Waals surface area (Å²) in [7, 11) is 1.86. The molecule has 4 rings (SSSR count). The lowest BCUT2D eigenvalue weighted by Crippen LogP contribution is -2.38. The first-order valence-electron chi connectivity index (χ1n) is 5.75. The van der Waals surface area contributed by atoms with Gasteiger partial charge in [0.15, 0.2) is 0 Å². The normalized spacial score (nSPS) is 16.9. The first-order chi connectivity index (χ1) is 7.93. The summed E-state index contributed by atoms with van der Waals surface area (Å²) in [6, 6.07) is 10.7. The molecule has 2 aliphatic rings. The quantitative estimate of drug-likeness (QED) is 0.616. The summed E-state index contributed by atoms with van der Waals surface area (Å²) in [4.78, 5) is 2.24. The molecular weight excluding hydrogens is 197 g/mol. The van der Waals surface area contributed by atoms with Crippen LogP contribution < -0.4 is 9.47 Å². The number of benzene rings is 2. The van der Waals surface area contributed by atoms with Crippen molar-refractivity contribution in [3.63, 3.8) is 0 Å². The van der Waals surface area contributed by atoms with Crippen molar-refractivity contribution in [3.05, 3.63) is 35.9 Å². The molecule has 2 heterocycles. The molecule has 0 amide bonds. The highest BCUT2D eigenvalue weighted by atomic mass is 16.4. The molecule has 0 N–H and O–H groups in total. The number of anilines is 1. The van der Waals surface area contributed by atoms with Gasteiger partial charge in [0.05, 0.1) is 0 Å². The van der Waals surface area contributed by atoms with E-state index in [-0.39, 0.29) is 0 Å². The van der Waals surface area contributed by atoms with Gasteiger partial charge in [-0.3, -0.25) is 0 Å². The molecule has 0 saturated heterocycles. The second-order valence-corrected chi connectivity index (χ2v) is 4.45. The number of rotatable bonds is 0. The van der Waals surface area contributed by atoms with Crippen LogP contribution in [0.2, 0.25) is 0 Å². The molecule has 0 aliphatic carbocycles. The van der Waals surface area contributed by atoms with Crippen LogP contribution in [0.4, 0.5) is 5.69 Å². The van der Waals surface area contributed by atoms with Gasteiger partial charge >= 0.3 is 7.62 Å². The molecule has 3 heteroatoms. The topological polar surface area (TPSA) is 12.5 Å². The second kappa shape index (κ2) is 2.94. The lowest BCUT2D eigenvalue weighted by atomic mass is 9.90. The maximum Gasteiger partial charge on any atom is 0.521 e. The van der Waals surface area contributed by atoms with Crippen molar-refractivity contribution >= 4 is 24.1 Å². The molecule has 2 aromatic carbocycles. The third-order valence-corrected chi connectivity index (χ3v) is 3.50. The predicted octanol–water partition coefficient (Wildman–Crippen LogP) is 2.52. The van der Waals surface area contributed by atoms with Crippen LogP contribution in [0.15, 0.2) is 30.3 Å². The van der Waals surface area contributed by atoms with Gasteiger partial charge in [-0.25, -0.2) is 0 Å². The predicted molar refractivity (Wildman–Crippen MR) is 66.0 cm³/mol. The van der Waals surface area contributed by atoms with Crippen LogP contribution in [0, 0.1) is 0 Å². The van der Waals surface area contributed by atoms with E-state index in [9.17, 15) is 0 Å². The Labute approximate surface area is 95.1 Å². The van der Waals surface area contributed by atoms with E-state index < -0.39 is 0 Å². The molecule has 0 fully saturated rings. The van der Waals surface area contributed by atoms with Gasteiger partial charge in [-0.05, 0) is 29.9 Å². The van der Waals surface area contributed by atoms with Gasteiger partial charge in [0.25, 0.3) is 0 Å². The monoisotopic (exact) mass is 208 g/mol. The SMILES string of the molecule is [B]1Oc2cccc3ccc4c(c23)N1CCC4. The highest BCUT2D eigenvalue weighted by molar-refractivity contribution is 6.39.